The van der Waals surface area contributed by atoms with Crippen LogP contribution in [0.25, 0.3) is 0 Å². The molecule has 0 saturated heterocycles. The average Bonchev–Trinajstić information content (AvgIpc) is 2.51. The average molecular weight is 964 g/mol. The fraction of sp³-hybridized carbons (Fsp3) is 1.00. The van der Waals surface area contributed by atoms with Gasteiger partial charge in [0.25, 0.3) is 0 Å². The molecule has 0 bridgehead atoms. The minimum atomic E-state index is -6.68. The number of hydrogen-bond donors (Lipinski definition) is 0. The zero-order chi connectivity index (χ0) is 28.7. The van der Waals surface area contributed by atoms with Gasteiger partial charge < -0.3 is 119 Å². The summed E-state index contributed by atoms with van der Waals surface area (Å²) in [5.41, 5.74) is 0. The van der Waals surface area contributed by atoms with Crippen LogP contribution < -0.4 is 443 Å². The first kappa shape index (κ1) is 101. The molecule has 25 nitrogen and oxygen atoms in total. The molecule has 1 rings (SSSR count). The van der Waals surface area contributed by atoms with Gasteiger partial charge in [0.05, 0.1) is 46.9 Å². The van der Waals surface area contributed by atoms with Crippen molar-refractivity contribution in [1.82, 2.24) is 0 Å². The Hall–Kier alpha value is 13.6. The van der Waals surface area contributed by atoms with E-state index in [1.807, 2.05) is 0 Å². The minimum Gasteiger partial charge on any atom is -0.870 e. The van der Waals surface area contributed by atoms with Gasteiger partial charge in [-0.1, -0.05) is 0 Å². The van der Waals surface area contributed by atoms with E-state index in [1.54, 1.807) is 0 Å². The molecule has 0 heterocycles. The van der Waals surface area contributed by atoms with E-state index in [2.05, 4.69) is 27.1 Å². The fourth-order valence-electron chi connectivity index (χ4n) is 2.74. The summed E-state index contributed by atoms with van der Waals surface area (Å²) < 4.78 is 88.3. The first-order chi connectivity index (χ1) is 15.6. The third kappa shape index (κ3) is 49.5. The van der Waals surface area contributed by atoms with Crippen molar-refractivity contribution < 1.29 is 503 Å². The van der Waals surface area contributed by atoms with Crippen molar-refractivity contribution >= 4 is 46.9 Å². The molecule has 0 aromatic carbocycles. The Kier molecular flexibility index (Phi) is 88.9. The Morgan fingerprint density at radius 1 is 0.240 bits per heavy atom. The molecule has 0 aromatic heterocycles. The first-order valence-electron chi connectivity index (χ1n) is 7.80. The van der Waals surface area contributed by atoms with Crippen molar-refractivity contribution in [2.24, 2.45) is 0 Å². The van der Waals surface area contributed by atoms with Gasteiger partial charge in [0, 0.05) is 0 Å². The Morgan fingerprint density at radius 3 is 0.340 bits per heavy atom. The number of phosphoric acid groups is 6. The van der Waals surface area contributed by atoms with Gasteiger partial charge in [0.1, 0.15) is 36.6 Å². The molecular weight excluding hydrogens is 957 g/mol. The van der Waals surface area contributed by atoms with Crippen molar-refractivity contribution in [3.05, 3.63) is 0 Å². The maximum absolute atomic E-state index is 11.1. The Bertz CT molecular complexity index is 860. The quantitative estimate of drug-likeness (QED) is 0.129. The zero-order valence-corrected chi connectivity index (χ0v) is 60.8. The van der Waals surface area contributed by atoms with E-state index in [4.69, 9.17) is 0 Å². The minimum absolute atomic E-state index is 0. The van der Waals surface area contributed by atoms with Crippen molar-refractivity contribution in [3.63, 3.8) is 0 Å². The molecule has 1 aliphatic carbocycles. The van der Waals surface area contributed by atoms with Crippen LogP contribution in [0.1, 0.15) is 0 Å². The molecule has 0 aliphatic heterocycles. The van der Waals surface area contributed by atoms with Gasteiger partial charge in [0.15, 0.2) is 0 Å². The summed E-state index contributed by atoms with van der Waals surface area (Å²) in [4.78, 5) is 133. The van der Waals surface area contributed by atoms with Gasteiger partial charge in [-0.15, -0.1) is 0 Å². The molecule has 50 heavy (non-hydrogen) atoms. The molecule has 1 N–H and O–H groups in total. The van der Waals surface area contributed by atoms with Crippen LogP contribution in [0.2, 0.25) is 0 Å². The van der Waals surface area contributed by atoms with Gasteiger partial charge >= 0.3 is 384 Å². The van der Waals surface area contributed by atoms with Crippen LogP contribution in [0.15, 0.2) is 0 Å². The third-order valence-corrected chi connectivity index (χ3v) is 6.46. The van der Waals surface area contributed by atoms with E-state index < -0.39 is 83.6 Å². The first-order valence-corrected chi connectivity index (χ1v) is 16.6. The number of phosphoric ester groups is 6. The second-order valence-corrected chi connectivity index (χ2v) is 12.7. The maximum Gasteiger partial charge on any atom is 1.00 e. The van der Waals surface area contributed by atoms with Crippen LogP contribution >= 0.6 is 46.9 Å². The summed E-state index contributed by atoms with van der Waals surface area (Å²) >= 11 is 0. The predicted octanol–water partition coefficient (Wildman–Crippen LogP) is -49.8. The molecule has 1 saturated carbocycles. The van der Waals surface area contributed by atoms with E-state index in [-0.39, 0.29) is 390 Å². The van der Waals surface area contributed by atoms with Crippen molar-refractivity contribution in [2.75, 3.05) is 0 Å². The zero-order valence-electron chi connectivity index (χ0n) is 29.4. The summed E-state index contributed by atoms with van der Waals surface area (Å²) in [6.45, 7) is 0. The molecule has 1 fully saturated rings. The van der Waals surface area contributed by atoms with Crippen LogP contribution in [-0.2, 0) is 54.5 Å². The summed E-state index contributed by atoms with van der Waals surface area (Å²) in [6, 6.07) is 0. The van der Waals surface area contributed by atoms with E-state index in [1.165, 1.54) is 0 Å². The standard InChI is InChI=1S/C6H18O24P6.13Na.H2O/c7-31(8,9)25-1-2(26-32(10,11)12)4(28-34(16,17)18)6(30-36(22,23)24)5(29-35(19,20)21)3(1)27-33(13,14)15;;;;;;;;;;;;;;/h1-6H,(H2,7,8,9)(H2,10,11,12)(H2,13,14,15)(H2,16,17,18)(H2,19,20,21)(H2,22,23,24);;;;;;;;;;;;;;1H2/q;13*+1;/p-13. The molecule has 0 amide bonds. The topological polar surface area (TPSA) is 465 Å². The summed E-state index contributed by atoms with van der Waals surface area (Å²) in [7, 11) is -40.1. The maximum atomic E-state index is 11.1. The van der Waals surface area contributed by atoms with Crippen LogP contribution in [0.3, 0.4) is 0 Å². The fourth-order valence-corrected chi connectivity index (χ4v) is 5.96. The van der Waals surface area contributed by atoms with E-state index in [9.17, 15) is 86.1 Å². The van der Waals surface area contributed by atoms with Crippen LogP contribution in [-0.4, -0.2) is 42.1 Å². The van der Waals surface area contributed by atoms with E-state index in [0.717, 1.165) is 0 Å². The summed E-state index contributed by atoms with van der Waals surface area (Å²) in [5.74, 6) is 0. The smallest absolute Gasteiger partial charge is 0.870 e. The van der Waals surface area contributed by atoms with Crippen LogP contribution in [0, 0.1) is 0 Å². The van der Waals surface area contributed by atoms with Crippen molar-refractivity contribution in [1.29, 1.82) is 0 Å². The molecule has 1 aliphatic rings. The molecule has 44 heteroatoms. The third-order valence-electron chi connectivity index (χ3n) is 3.45. The van der Waals surface area contributed by atoms with E-state index in [0.29, 0.717) is 0 Å². The summed E-state index contributed by atoms with van der Waals surface area (Å²) in [6.07, 6.45) is -21.5. The molecule has 0 atom stereocenters. The SMILES string of the molecule is O=P([O-])([O-])OC1C(OP(=O)([O-])[O-])C(OP(=O)([O-])[O-])C(OP(=O)([O-])[O-])C(OP(=O)([O-])[O-])C1OP(=O)([O-])[O-].[Na+].[Na+].[Na+].[Na+].[Na+].[Na+].[Na+].[Na+].[Na+].[Na+].[Na+].[Na+].[Na+].[OH-]. The van der Waals surface area contributed by atoms with Crippen molar-refractivity contribution in [2.45, 2.75) is 36.6 Å². The number of hydrogen-bond acceptors (Lipinski definition) is 25. The van der Waals surface area contributed by atoms with Gasteiger partial charge in [-0.05, 0) is 0 Å². The van der Waals surface area contributed by atoms with E-state index >= 15 is 0 Å². The Labute approximate surface area is 572 Å². The largest absolute Gasteiger partial charge is 1.00 e. The number of rotatable bonds is 12. The second-order valence-electron chi connectivity index (χ2n) is 6.10. The van der Waals surface area contributed by atoms with Crippen LogP contribution in [0.4, 0.5) is 0 Å². The van der Waals surface area contributed by atoms with Crippen LogP contribution in [0.5, 0.6) is 0 Å². The summed E-state index contributed by atoms with van der Waals surface area (Å²) in [5, 5.41) is 0. The van der Waals surface area contributed by atoms with Gasteiger partial charge in [-0.3, -0.25) is 0 Å². The molecule has 0 aromatic rings. The van der Waals surface area contributed by atoms with Gasteiger partial charge in [-0.25, -0.2) is 0 Å². The van der Waals surface area contributed by atoms with Gasteiger partial charge in [-0.2, -0.15) is 0 Å². The van der Waals surface area contributed by atoms with Crippen molar-refractivity contribution in [3.8, 4) is 0 Å². The Morgan fingerprint density at radius 2 is 0.300 bits per heavy atom. The second kappa shape index (κ2) is 43.9. The normalized spacial score (nSPS) is 21.1. The Balaban J connectivity index is -0.0000000771. The molecule has 0 spiro atoms. The molecular formula is C6H7Na13O25P6. The molecule has 224 valence electrons. The molecule has 0 radical (unpaired) electrons. The predicted molar refractivity (Wildman–Crippen MR) is 76.8 cm³/mol. The van der Waals surface area contributed by atoms with Gasteiger partial charge in [0.2, 0.25) is 0 Å². The molecule has 0 unspecified atom stereocenters. The monoisotopic (exact) mass is 964 g/mol.